The molecule has 1 rings (SSSR count). The van der Waals surface area contributed by atoms with Gasteiger partial charge in [-0.3, -0.25) is 4.79 Å². The van der Waals surface area contributed by atoms with Gasteiger partial charge in [0.05, 0.1) is 17.9 Å². The van der Waals surface area contributed by atoms with Crippen molar-refractivity contribution in [3.63, 3.8) is 0 Å². The Morgan fingerprint density at radius 2 is 2.06 bits per heavy atom. The first-order valence-corrected chi connectivity index (χ1v) is 5.80. The number of carbonyl (C=O) groups excluding carboxylic acids is 1. The van der Waals surface area contributed by atoms with Crippen LogP contribution in [0.3, 0.4) is 0 Å². The summed E-state index contributed by atoms with van der Waals surface area (Å²) in [6.07, 6.45) is 4.93. The zero-order chi connectivity index (χ0) is 13.5. The SMILES string of the molecule is C=CCc1nc(CC=C)c(CNC(=O)C(=C)C)[nH]1. The third-order valence-corrected chi connectivity index (χ3v) is 2.40. The number of imidazole rings is 1. The number of nitrogens with one attached hydrogen (secondary N) is 2. The number of carbonyl (C=O) groups is 1. The number of hydrogen-bond acceptors (Lipinski definition) is 2. The van der Waals surface area contributed by atoms with Crippen molar-refractivity contribution < 1.29 is 4.79 Å². The van der Waals surface area contributed by atoms with Gasteiger partial charge in [-0.25, -0.2) is 4.98 Å². The summed E-state index contributed by atoms with van der Waals surface area (Å²) < 4.78 is 0. The molecule has 18 heavy (non-hydrogen) atoms. The van der Waals surface area contributed by atoms with E-state index in [-0.39, 0.29) is 5.91 Å². The Balaban J connectivity index is 2.78. The van der Waals surface area contributed by atoms with Crippen LogP contribution in [0, 0.1) is 0 Å². The fourth-order valence-corrected chi connectivity index (χ4v) is 1.51. The number of nitrogens with zero attached hydrogens (tertiary/aromatic N) is 1. The van der Waals surface area contributed by atoms with Crippen molar-refractivity contribution in [1.82, 2.24) is 15.3 Å². The van der Waals surface area contributed by atoms with Gasteiger partial charge >= 0.3 is 0 Å². The lowest BCUT2D eigenvalue weighted by molar-refractivity contribution is -0.117. The highest BCUT2D eigenvalue weighted by Crippen LogP contribution is 2.09. The van der Waals surface area contributed by atoms with Crippen LogP contribution >= 0.6 is 0 Å². The van der Waals surface area contributed by atoms with E-state index in [9.17, 15) is 4.79 Å². The molecule has 0 aliphatic carbocycles. The number of H-pyrrole nitrogens is 1. The molecule has 0 saturated carbocycles. The van der Waals surface area contributed by atoms with E-state index in [0.717, 1.165) is 17.2 Å². The van der Waals surface area contributed by atoms with Crippen LogP contribution in [0.4, 0.5) is 0 Å². The monoisotopic (exact) mass is 245 g/mol. The van der Waals surface area contributed by atoms with Crippen LogP contribution in [0.1, 0.15) is 24.1 Å². The van der Waals surface area contributed by atoms with Crippen molar-refractivity contribution in [2.45, 2.75) is 26.3 Å². The molecule has 1 heterocycles. The van der Waals surface area contributed by atoms with E-state index < -0.39 is 0 Å². The fraction of sp³-hybridized carbons (Fsp3) is 0.286. The summed E-state index contributed by atoms with van der Waals surface area (Å²) in [5.74, 6) is 0.695. The molecule has 0 aromatic carbocycles. The van der Waals surface area contributed by atoms with E-state index in [4.69, 9.17) is 0 Å². The molecule has 0 radical (unpaired) electrons. The summed E-state index contributed by atoms with van der Waals surface area (Å²) in [4.78, 5) is 19.1. The van der Waals surface area contributed by atoms with Gasteiger partial charge in [-0.05, 0) is 6.92 Å². The zero-order valence-electron chi connectivity index (χ0n) is 10.8. The predicted octanol–water partition coefficient (Wildman–Crippen LogP) is 2.06. The first-order chi connectivity index (χ1) is 8.58. The van der Waals surface area contributed by atoms with E-state index in [1.165, 1.54) is 0 Å². The molecule has 0 spiro atoms. The average molecular weight is 245 g/mol. The third kappa shape index (κ3) is 3.73. The Kier molecular flexibility index (Phi) is 5.11. The van der Waals surface area contributed by atoms with Gasteiger partial charge in [-0.2, -0.15) is 0 Å². The fourth-order valence-electron chi connectivity index (χ4n) is 1.51. The molecule has 2 N–H and O–H groups in total. The molecule has 1 amide bonds. The summed E-state index contributed by atoms with van der Waals surface area (Å²) in [5, 5.41) is 2.78. The molecule has 0 fully saturated rings. The van der Waals surface area contributed by atoms with Crippen LogP contribution in [0.5, 0.6) is 0 Å². The molecular weight excluding hydrogens is 226 g/mol. The highest BCUT2D eigenvalue weighted by molar-refractivity contribution is 5.91. The lowest BCUT2D eigenvalue weighted by Gasteiger charge is -2.04. The summed E-state index contributed by atoms with van der Waals surface area (Å²) >= 11 is 0. The third-order valence-electron chi connectivity index (χ3n) is 2.40. The molecule has 4 heteroatoms. The number of hydrogen-bond donors (Lipinski definition) is 2. The highest BCUT2D eigenvalue weighted by Gasteiger charge is 2.09. The van der Waals surface area contributed by atoms with Crippen LogP contribution in [0.25, 0.3) is 0 Å². The minimum atomic E-state index is -0.153. The van der Waals surface area contributed by atoms with E-state index in [1.54, 1.807) is 19.1 Å². The number of allylic oxidation sites excluding steroid dienone is 2. The molecule has 4 nitrogen and oxygen atoms in total. The van der Waals surface area contributed by atoms with Crippen molar-refractivity contribution in [3.8, 4) is 0 Å². The number of aromatic amines is 1. The molecule has 0 bridgehead atoms. The molecule has 1 aromatic rings. The maximum Gasteiger partial charge on any atom is 0.246 e. The summed E-state index contributed by atoms with van der Waals surface area (Å²) in [6, 6.07) is 0. The molecule has 0 aliphatic rings. The Bertz CT molecular complexity index is 471. The van der Waals surface area contributed by atoms with Crippen LogP contribution in [-0.4, -0.2) is 15.9 Å². The summed E-state index contributed by atoms with van der Waals surface area (Å²) in [5.41, 5.74) is 2.30. The number of amides is 1. The maximum absolute atomic E-state index is 11.4. The molecule has 0 saturated heterocycles. The maximum atomic E-state index is 11.4. The van der Waals surface area contributed by atoms with Crippen molar-refractivity contribution in [1.29, 1.82) is 0 Å². The topological polar surface area (TPSA) is 57.8 Å². The normalized spacial score (nSPS) is 9.83. The van der Waals surface area contributed by atoms with Gasteiger partial charge in [0.25, 0.3) is 0 Å². The second-order valence-corrected chi connectivity index (χ2v) is 4.06. The zero-order valence-corrected chi connectivity index (χ0v) is 10.8. The van der Waals surface area contributed by atoms with Crippen molar-refractivity contribution in [2.75, 3.05) is 0 Å². The lowest BCUT2D eigenvalue weighted by Crippen LogP contribution is -2.23. The van der Waals surface area contributed by atoms with E-state index in [0.29, 0.717) is 25.0 Å². The number of aromatic nitrogens is 2. The standard InChI is InChI=1S/C14H19N3O/c1-5-7-11-12(9-15-14(18)10(3)4)17-13(16-11)8-6-2/h5-6H,1-3,7-9H2,4H3,(H,15,18)(H,16,17). The lowest BCUT2D eigenvalue weighted by atomic mass is 10.2. The number of rotatable bonds is 7. The first kappa shape index (κ1) is 14.0. The molecular formula is C14H19N3O. The van der Waals surface area contributed by atoms with Crippen LogP contribution < -0.4 is 5.32 Å². The van der Waals surface area contributed by atoms with E-state index >= 15 is 0 Å². The van der Waals surface area contributed by atoms with Gasteiger partial charge in [-0.1, -0.05) is 18.7 Å². The largest absolute Gasteiger partial charge is 0.347 e. The Labute approximate surface area is 108 Å². The highest BCUT2D eigenvalue weighted by atomic mass is 16.1. The molecule has 0 unspecified atom stereocenters. The van der Waals surface area contributed by atoms with Gasteiger partial charge in [0.15, 0.2) is 0 Å². The van der Waals surface area contributed by atoms with Gasteiger partial charge in [0.1, 0.15) is 5.82 Å². The minimum Gasteiger partial charge on any atom is -0.347 e. The Morgan fingerprint density at radius 1 is 1.39 bits per heavy atom. The minimum absolute atomic E-state index is 0.153. The average Bonchev–Trinajstić information content (AvgIpc) is 2.69. The van der Waals surface area contributed by atoms with Crippen molar-refractivity contribution in [3.05, 3.63) is 54.7 Å². The quantitative estimate of drug-likeness (QED) is 0.570. The van der Waals surface area contributed by atoms with Gasteiger partial charge in [0, 0.05) is 18.4 Å². The van der Waals surface area contributed by atoms with Gasteiger partial charge < -0.3 is 10.3 Å². The molecule has 0 atom stereocenters. The van der Waals surface area contributed by atoms with Crippen LogP contribution in [-0.2, 0) is 24.2 Å². The smallest absolute Gasteiger partial charge is 0.246 e. The molecule has 0 aliphatic heterocycles. The second kappa shape index (κ2) is 6.59. The first-order valence-electron chi connectivity index (χ1n) is 5.80. The van der Waals surface area contributed by atoms with E-state index in [1.807, 2.05) is 0 Å². The summed E-state index contributed by atoms with van der Waals surface area (Å²) in [7, 11) is 0. The van der Waals surface area contributed by atoms with Gasteiger partial charge in [-0.15, -0.1) is 13.2 Å². The van der Waals surface area contributed by atoms with E-state index in [2.05, 4.69) is 35.0 Å². The van der Waals surface area contributed by atoms with Crippen molar-refractivity contribution in [2.24, 2.45) is 0 Å². The summed E-state index contributed by atoms with van der Waals surface area (Å²) in [6.45, 7) is 13.1. The van der Waals surface area contributed by atoms with Crippen LogP contribution in [0.15, 0.2) is 37.5 Å². The van der Waals surface area contributed by atoms with Crippen LogP contribution in [0.2, 0.25) is 0 Å². The van der Waals surface area contributed by atoms with Gasteiger partial charge in [0.2, 0.25) is 5.91 Å². The predicted molar refractivity (Wildman–Crippen MR) is 73.1 cm³/mol. The molecule has 96 valence electrons. The second-order valence-electron chi connectivity index (χ2n) is 4.06. The van der Waals surface area contributed by atoms with Crippen molar-refractivity contribution >= 4 is 5.91 Å². The molecule has 1 aromatic heterocycles. The Morgan fingerprint density at radius 3 is 2.61 bits per heavy atom. The Hall–Kier alpha value is -2.10.